The van der Waals surface area contributed by atoms with Crippen molar-refractivity contribution in [3.63, 3.8) is 0 Å². The molecule has 4 atom stereocenters. The van der Waals surface area contributed by atoms with Crippen LogP contribution < -0.4 is 4.83 Å². The first-order valence-corrected chi connectivity index (χ1v) is 10.5. The van der Waals surface area contributed by atoms with Crippen molar-refractivity contribution in [1.29, 1.82) is 0 Å². The molecule has 24 heavy (non-hydrogen) atoms. The van der Waals surface area contributed by atoms with Gasteiger partial charge < -0.3 is 0 Å². The van der Waals surface area contributed by atoms with Crippen LogP contribution in [0.15, 0.2) is 34.3 Å². The van der Waals surface area contributed by atoms with Crippen molar-refractivity contribution in [2.45, 2.75) is 63.7 Å². The molecule has 0 spiro atoms. The number of benzene rings is 1. The molecule has 0 unspecified atom stereocenters. The molecule has 5 heteroatoms. The van der Waals surface area contributed by atoms with E-state index in [1.807, 2.05) is 19.1 Å². The third-order valence-corrected chi connectivity index (χ3v) is 7.21. The summed E-state index contributed by atoms with van der Waals surface area (Å²) in [6, 6.07) is 7.14. The first kappa shape index (κ1) is 17.5. The van der Waals surface area contributed by atoms with Gasteiger partial charge in [-0.05, 0) is 68.1 Å². The summed E-state index contributed by atoms with van der Waals surface area (Å²) >= 11 is 0. The van der Waals surface area contributed by atoms with E-state index in [-0.39, 0.29) is 4.90 Å². The van der Waals surface area contributed by atoms with Gasteiger partial charge in [0.05, 0.1) is 4.90 Å². The second kappa shape index (κ2) is 6.87. The minimum Gasteiger partial charge on any atom is -0.200 e. The summed E-state index contributed by atoms with van der Waals surface area (Å²) in [5.74, 6) is 2.43. The van der Waals surface area contributed by atoms with Gasteiger partial charge in [0.15, 0.2) is 0 Å². The van der Waals surface area contributed by atoms with Gasteiger partial charge in [0, 0.05) is 11.6 Å². The first-order valence-electron chi connectivity index (χ1n) is 9.06. The number of sulfonamides is 1. The smallest absolute Gasteiger partial charge is 0.200 e. The van der Waals surface area contributed by atoms with Gasteiger partial charge in [-0.15, -0.1) is 0 Å². The molecule has 2 bridgehead atoms. The predicted molar refractivity (Wildman–Crippen MR) is 97.5 cm³/mol. The number of nitrogens with zero attached hydrogens (tertiary/aromatic N) is 1. The molecule has 0 radical (unpaired) electrons. The highest BCUT2D eigenvalue weighted by Crippen LogP contribution is 2.48. The van der Waals surface area contributed by atoms with Gasteiger partial charge in [-0.2, -0.15) is 13.5 Å². The Bertz CT molecular complexity index is 709. The van der Waals surface area contributed by atoms with Crippen LogP contribution >= 0.6 is 0 Å². The molecule has 0 saturated heterocycles. The Morgan fingerprint density at radius 1 is 1.25 bits per heavy atom. The lowest BCUT2D eigenvalue weighted by atomic mass is 9.86. The van der Waals surface area contributed by atoms with Crippen LogP contribution in [0.1, 0.15) is 64.4 Å². The third-order valence-electron chi connectivity index (χ3n) is 5.99. The van der Waals surface area contributed by atoms with Gasteiger partial charge in [0.25, 0.3) is 10.0 Å². The van der Waals surface area contributed by atoms with Crippen molar-refractivity contribution in [3.8, 4) is 0 Å². The molecule has 0 aromatic heterocycles. The number of rotatable bonds is 6. The van der Waals surface area contributed by atoms with Crippen molar-refractivity contribution in [3.05, 3.63) is 29.8 Å². The Morgan fingerprint density at radius 3 is 2.50 bits per heavy atom. The maximum atomic E-state index is 12.4. The van der Waals surface area contributed by atoms with Crippen molar-refractivity contribution in [1.82, 2.24) is 4.83 Å². The Labute approximate surface area is 145 Å². The summed E-state index contributed by atoms with van der Waals surface area (Å²) in [4.78, 5) is 2.71. The van der Waals surface area contributed by atoms with E-state index in [0.717, 1.165) is 23.6 Å². The molecule has 0 amide bonds. The van der Waals surface area contributed by atoms with Crippen molar-refractivity contribution >= 4 is 15.7 Å². The van der Waals surface area contributed by atoms with E-state index in [2.05, 4.69) is 23.8 Å². The number of hydrogen-bond donors (Lipinski definition) is 1. The fourth-order valence-electron chi connectivity index (χ4n) is 4.24. The van der Waals surface area contributed by atoms with Crippen molar-refractivity contribution in [2.24, 2.45) is 22.9 Å². The highest BCUT2D eigenvalue weighted by molar-refractivity contribution is 7.89. The van der Waals surface area contributed by atoms with Crippen LogP contribution in [0, 0.1) is 17.8 Å². The van der Waals surface area contributed by atoms with E-state index in [1.54, 1.807) is 12.1 Å². The van der Waals surface area contributed by atoms with Crippen LogP contribution in [0.4, 0.5) is 0 Å². The third kappa shape index (κ3) is 3.51. The lowest BCUT2D eigenvalue weighted by Gasteiger charge is -2.21. The maximum absolute atomic E-state index is 12.4. The van der Waals surface area contributed by atoms with Gasteiger partial charge in [0.1, 0.15) is 0 Å². The van der Waals surface area contributed by atoms with E-state index < -0.39 is 10.0 Å². The molecule has 1 aromatic rings. The average Bonchev–Trinajstić information content (AvgIpc) is 3.22. The summed E-state index contributed by atoms with van der Waals surface area (Å²) in [6.45, 7) is 6.23. The first-order chi connectivity index (χ1) is 11.4. The zero-order chi connectivity index (χ0) is 17.3. The largest absolute Gasteiger partial charge is 0.276 e. The summed E-state index contributed by atoms with van der Waals surface area (Å²) in [7, 11) is -3.58. The summed E-state index contributed by atoms with van der Waals surface area (Å²) in [6.07, 6.45) is 6.11. The van der Waals surface area contributed by atoms with Crippen LogP contribution in [0.25, 0.3) is 0 Å². The number of hydrazone groups is 1. The second-order valence-electron chi connectivity index (χ2n) is 7.51. The van der Waals surface area contributed by atoms with Crippen LogP contribution in [0.3, 0.4) is 0 Å². The molecule has 0 heterocycles. The van der Waals surface area contributed by atoms with Gasteiger partial charge in [-0.1, -0.05) is 32.4 Å². The van der Waals surface area contributed by atoms with Gasteiger partial charge in [-0.25, -0.2) is 4.83 Å². The quantitative estimate of drug-likeness (QED) is 0.616. The SMILES string of the molecule is CC[C@@H](C)c1ccc(S(=O)(=O)N/N=C(/C)[C@H]2C[C@H]3CC[C@H]2C3)cc1. The fraction of sp³-hybridized carbons (Fsp3) is 0.632. The van der Waals surface area contributed by atoms with Gasteiger partial charge in [-0.3, -0.25) is 0 Å². The number of hydrogen-bond acceptors (Lipinski definition) is 3. The minimum atomic E-state index is -3.58. The van der Waals surface area contributed by atoms with Crippen LogP contribution in [0.2, 0.25) is 0 Å². The molecular formula is C19H28N2O2S. The van der Waals surface area contributed by atoms with Crippen LogP contribution in [-0.4, -0.2) is 14.1 Å². The Balaban J connectivity index is 1.68. The van der Waals surface area contributed by atoms with E-state index >= 15 is 0 Å². The molecule has 2 saturated carbocycles. The van der Waals surface area contributed by atoms with Crippen LogP contribution in [-0.2, 0) is 10.0 Å². The summed E-state index contributed by atoms with van der Waals surface area (Å²) in [5.41, 5.74) is 2.10. The highest BCUT2D eigenvalue weighted by Gasteiger charge is 2.40. The Morgan fingerprint density at radius 2 is 1.96 bits per heavy atom. The molecule has 4 nitrogen and oxygen atoms in total. The van der Waals surface area contributed by atoms with Crippen molar-refractivity contribution < 1.29 is 8.42 Å². The van der Waals surface area contributed by atoms with Crippen LogP contribution in [0.5, 0.6) is 0 Å². The Hall–Kier alpha value is -1.36. The lowest BCUT2D eigenvalue weighted by molar-refractivity contribution is 0.413. The summed E-state index contributed by atoms with van der Waals surface area (Å²) < 4.78 is 24.9. The molecular weight excluding hydrogens is 320 g/mol. The van der Waals surface area contributed by atoms with E-state index in [0.29, 0.717) is 17.8 Å². The summed E-state index contributed by atoms with van der Waals surface area (Å²) in [5, 5.41) is 4.23. The van der Waals surface area contributed by atoms with E-state index in [4.69, 9.17) is 0 Å². The second-order valence-corrected chi connectivity index (χ2v) is 9.17. The number of fused-ring (bicyclic) bond motifs is 2. The van der Waals surface area contributed by atoms with Gasteiger partial charge in [0.2, 0.25) is 0 Å². The molecule has 0 aliphatic heterocycles. The molecule has 3 rings (SSSR count). The molecule has 1 N–H and O–H groups in total. The molecule has 132 valence electrons. The Kier molecular flexibility index (Phi) is 5.00. The standard InChI is InChI=1S/C19H28N2O2S/c1-4-13(2)16-7-9-18(10-8-16)24(22,23)21-20-14(3)19-12-15-5-6-17(19)11-15/h7-10,13,15,17,19,21H,4-6,11-12H2,1-3H3/b20-14-/t13-,15+,17+,19-/m1/s1. The highest BCUT2D eigenvalue weighted by atomic mass is 32.2. The topological polar surface area (TPSA) is 58.5 Å². The molecule has 2 aliphatic carbocycles. The fourth-order valence-corrected chi connectivity index (χ4v) is 5.10. The minimum absolute atomic E-state index is 0.277. The number of nitrogens with one attached hydrogen (secondary N) is 1. The maximum Gasteiger partial charge on any atom is 0.276 e. The molecule has 1 aromatic carbocycles. The molecule has 2 aliphatic rings. The van der Waals surface area contributed by atoms with E-state index in [1.165, 1.54) is 25.7 Å². The monoisotopic (exact) mass is 348 g/mol. The zero-order valence-electron chi connectivity index (χ0n) is 14.8. The predicted octanol–water partition coefficient (Wildman–Crippen LogP) is 4.29. The van der Waals surface area contributed by atoms with E-state index in [9.17, 15) is 8.42 Å². The van der Waals surface area contributed by atoms with Crippen molar-refractivity contribution in [2.75, 3.05) is 0 Å². The normalized spacial score (nSPS) is 28.1. The zero-order valence-corrected chi connectivity index (χ0v) is 15.6. The molecule has 2 fully saturated rings. The van der Waals surface area contributed by atoms with Gasteiger partial charge >= 0.3 is 0 Å². The lowest BCUT2D eigenvalue weighted by Crippen LogP contribution is -2.24. The average molecular weight is 349 g/mol.